The highest BCUT2D eigenvalue weighted by Gasteiger charge is 2.62. The number of benzene rings is 1. The van der Waals surface area contributed by atoms with Crippen molar-refractivity contribution in [1.29, 1.82) is 0 Å². The number of aldehydes is 1. The third kappa shape index (κ3) is 2.73. The number of carbonyl (C=O) groups excluding carboxylic acids is 2. The second-order valence-corrected chi connectivity index (χ2v) is 10.0. The topological polar surface area (TPSA) is 74.6 Å². The number of fused-ring (bicyclic) bond motifs is 4. The van der Waals surface area contributed by atoms with Crippen LogP contribution in [0.5, 0.6) is 0 Å². The zero-order chi connectivity index (χ0) is 21.1. The van der Waals surface area contributed by atoms with Gasteiger partial charge >= 0.3 is 0 Å². The van der Waals surface area contributed by atoms with Gasteiger partial charge in [-0.25, -0.2) is 0 Å². The molecule has 4 heteroatoms. The summed E-state index contributed by atoms with van der Waals surface area (Å²) in [7, 11) is 0. The zero-order valence-electron chi connectivity index (χ0n) is 17.6. The molecular formula is C26H30O4. The van der Waals surface area contributed by atoms with Gasteiger partial charge in [-0.15, -0.1) is 0 Å². The Kier molecular flexibility index (Phi) is 4.64. The standard InChI is InChI=1S/C26H30O4/c1-25-13-22(17-4-2-16(14-27)3-5-17)24-20-9-7-19(29)12-18(20)6-8-21(24)23(25)10-11-26(25,30)15-28/h2-5,12,14,21-23,28,30H,6-11,13,15H2,1H3/t21-,22+,23-,25-,26+/m0/s1. The largest absolute Gasteiger partial charge is 0.393 e. The van der Waals surface area contributed by atoms with Crippen molar-refractivity contribution in [2.24, 2.45) is 17.3 Å². The van der Waals surface area contributed by atoms with E-state index in [-0.39, 0.29) is 23.7 Å². The molecule has 158 valence electrons. The van der Waals surface area contributed by atoms with Crippen LogP contribution in [-0.2, 0) is 4.79 Å². The van der Waals surface area contributed by atoms with Crippen molar-refractivity contribution in [3.63, 3.8) is 0 Å². The van der Waals surface area contributed by atoms with Crippen molar-refractivity contribution < 1.29 is 19.8 Å². The molecule has 5 atom stereocenters. The van der Waals surface area contributed by atoms with E-state index in [0.29, 0.717) is 30.2 Å². The van der Waals surface area contributed by atoms with E-state index in [2.05, 4.69) is 6.92 Å². The monoisotopic (exact) mass is 406 g/mol. The van der Waals surface area contributed by atoms with E-state index >= 15 is 0 Å². The number of allylic oxidation sites excluding steroid dienone is 4. The van der Waals surface area contributed by atoms with Crippen LogP contribution in [0.15, 0.2) is 47.1 Å². The summed E-state index contributed by atoms with van der Waals surface area (Å²) in [6.45, 7) is 1.97. The van der Waals surface area contributed by atoms with Gasteiger partial charge in [0.15, 0.2) is 5.78 Å². The summed E-state index contributed by atoms with van der Waals surface area (Å²) in [4.78, 5) is 23.2. The average molecular weight is 407 g/mol. The second kappa shape index (κ2) is 7.00. The van der Waals surface area contributed by atoms with Crippen molar-refractivity contribution in [2.75, 3.05) is 6.61 Å². The first-order valence-corrected chi connectivity index (χ1v) is 11.3. The number of hydrogen-bond acceptors (Lipinski definition) is 4. The fourth-order valence-electron chi connectivity index (χ4n) is 7.12. The Morgan fingerprint density at radius 3 is 2.60 bits per heavy atom. The summed E-state index contributed by atoms with van der Waals surface area (Å²) in [6.07, 6.45) is 8.40. The summed E-state index contributed by atoms with van der Waals surface area (Å²) in [5.41, 5.74) is 4.47. The SMILES string of the molecule is C[C@]12C[C@H](c3ccc(C=O)cc3)C3=C4CCC(=O)C=C4CC[C@H]3[C@@H]1CC[C@@]2(O)CO. The smallest absolute Gasteiger partial charge is 0.156 e. The molecule has 4 nitrogen and oxygen atoms in total. The molecule has 0 radical (unpaired) electrons. The van der Waals surface area contributed by atoms with E-state index < -0.39 is 5.60 Å². The first kappa shape index (κ1) is 19.9. The van der Waals surface area contributed by atoms with Crippen LogP contribution in [0, 0.1) is 17.3 Å². The predicted molar refractivity (Wildman–Crippen MR) is 114 cm³/mol. The molecule has 30 heavy (non-hydrogen) atoms. The molecule has 5 rings (SSSR count). The molecule has 4 aliphatic rings. The molecule has 0 bridgehead atoms. The van der Waals surface area contributed by atoms with E-state index in [1.807, 2.05) is 30.3 Å². The highest BCUT2D eigenvalue weighted by atomic mass is 16.3. The Morgan fingerprint density at radius 2 is 1.90 bits per heavy atom. The molecule has 2 fully saturated rings. The van der Waals surface area contributed by atoms with Gasteiger partial charge in [0.05, 0.1) is 12.2 Å². The van der Waals surface area contributed by atoms with Crippen LogP contribution in [0.1, 0.15) is 73.7 Å². The van der Waals surface area contributed by atoms with Gasteiger partial charge in [-0.3, -0.25) is 9.59 Å². The van der Waals surface area contributed by atoms with E-state index in [1.54, 1.807) is 0 Å². The number of carbonyl (C=O) groups is 2. The van der Waals surface area contributed by atoms with Crippen molar-refractivity contribution >= 4 is 12.1 Å². The molecule has 0 amide bonds. The summed E-state index contributed by atoms with van der Waals surface area (Å²) in [6, 6.07) is 7.82. The fraction of sp³-hybridized carbons (Fsp3) is 0.538. The van der Waals surface area contributed by atoms with Crippen LogP contribution >= 0.6 is 0 Å². The molecular weight excluding hydrogens is 376 g/mol. The number of ketones is 1. The number of aliphatic hydroxyl groups is 2. The Labute approximate surface area is 177 Å². The molecule has 2 saturated carbocycles. The van der Waals surface area contributed by atoms with E-state index in [4.69, 9.17) is 0 Å². The Balaban J connectivity index is 1.68. The van der Waals surface area contributed by atoms with Gasteiger partial charge in [0.25, 0.3) is 0 Å². The average Bonchev–Trinajstić information content (AvgIpc) is 3.04. The lowest BCUT2D eigenvalue weighted by atomic mass is 9.51. The Morgan fingerprint density at radius 1 is 1.13 bits per heavy atom. The van der Waals surface area contributed by atoms with Gasteiger partial charge in [0, 0.05) is 23.3 Å². The lowest BCUT2D eigenvalue weighted by Crippen LogP contribution is -2.53. The molecule has 0 aliphatic heterocycles. The normalized spacial score (nSPS) is 37.9. The molecule has 1 aromatic carbocycles. The van der Waals surface area contributed by atoms with Crippen LogP contribution < -0.4 is 0 Å². The summed E-state index contributed by atoms with van der Waals surface area (Å²) < 4.78 is 0. The third-order valence-corrected chi connectivity index (χ3v) is 8.79. The molecule has 0 spiro atoms. The van der Waals surface area contributed by atoms with Gasteiger partial charge in [-0.1, -0.05) is 36.8 Å². The lowest BCUT2D eigenvalue weighted by Gasteiger charge is -2.54. The van der Waals surface area contributed by atoms with E-state index in [1.165, 1.54) is 16.7 Å². The van der Waals surface area contributed by atoms with Gasteiger partial charge in [0.1, 0.15) is 6.29 Å². The van der Waals surface area contributed by atoms with Gasteiger partial charge in [0.2, 0.25) is 0 Å². The van der Waals surface area contributed by atoms with Crippen LogP contribution in [0.25, 0.3) is 0 Å². The molecule has 0 saturated heterocycles. The minimum Gasteiger partial charge on any atom is -0.393 e. The first-order valence-electron chi connectivity index (χ1n) is 11.3. The molecule has 0 aromatic heterocycles. The van der Waals surface area contributed by atoms with E-state index in [9.17, 15) is 19.8 Å². The number of hydrogen-bond donors (Lipinski definition) is 2. The van der Waals surface area contributed by atoms with Gasteiger partial charge < -0.3 is 10.2 Å². The lowest BCUT2D eigenvalue weighted by molar-refractivity contribution is -0.120. The third-order valence-electron chi connectivity index (χ3n) is 8.79. The maximum absolute atomic E-state index is 12.1. The van der Waals surface area contributed by atoms with Gasteiger partial charge in [-0.05, 0) is 73.1 Å². The van der Waals surface area contributed by atoms with Gasteiger partial charge in [-0.2, -0.15) is 0 Å². The predicted octanol–water partition coefficient (Wildman–Crippen LogP) is 4.12. The van der Waals surface area contributed by atoms with Crippen molar-refractivity contribution in [3.05, 3.63) is 58.2 Å². The summed E-state index contributed by atoms with van der Waals surface area (Å²) in [5.74, 6) is 1.10. The van der Waals surface area contributed by atoms with Crippen LogP contribution in [0.4, 0.5) is 0 Å². The fourth-order valence-corrected chi connectivity index (χ4v) is 7.12. The molecule has 2 N–H and O–H groups in total. The minimum atomic E-state index is -1.05. The molecule has 0 unspecified atom stereocenters. The van der Waals surface area contributed by atoms with E-state index in [0.717, 1.165) is 44.0 Å². The summed E-state index contributed by atoms with van der Waals surface area (Å²) in [5, 5.41) is 21.5. The second-order valence-electron chi connectivity index (χ2n) is 10.0. The maximum Gasteiger partial charge on any atom is 0.156 e. The van der Waals surface area contributed by atoms with Crippen LogP contribution in [0.3, 0.4) is 0 Å². The quantitative estimate of drug-likeness (QED) is 0.741. The minimum absolute atomic E-state index is 0.139. The van der Waals surface area contributed by atoms with Crippen molar-refractivity contribution in [3.8, 4) is 0 Å². The maximum atomic E-state index is 12.1. The van der Waals surface area contributed by atoms with Crippen molar-refractivity contribution in [1.82, 2.24) is 0 Å². The highest BCUT2D eigenvalue weighted by Crippen LogP contribution is 2.66. The summed E-state index contributed by atoms with van der Waals surface area (Å²) >= 11 is 0. The molecule has 4 aliphatic carbocycles. The molecule has 1 aromatic rings. The zero-order valence-corrected chi connectivity index (χ0v) is 17.6. The Hall–Kier alpha value is -2.04. The van der Waals surface area contributed by atoms with Crippen LogP contribution in [0.2, 0.25) is 0 Å². The van der Waals surface area contributed by atoms with Crippen molar-refractivity contribution in [2.45, 2.75) is 63.4 Å². The van der Waals surface area contributed by atoms with Crippen LogP contribution in [-0.4, -0.2) is 34.5 Å². The Bertz CT molecular complexity index is 956. The number of aliphatic hydroxyl groups excluding tert-OH is 1. The molecule has 0 heterocycles. The number of rotatable bonds is 3. The highest BCUT2D eigenvalue weighted by molar-refractivity contribution is 5.93. The first-order chi connectivity index (χ1) is 14.4.